The van der Waals surface area contributed by atoms with Gasteiger partial charge in [0, 0.05) is 24.0 Å². The van der Waals surface area contributed by atoms with Gasteiger partial charge in [-0.1, -0.05) is 37.6 Å². The van der Waals surface area contributed by atoms with E-state index in [4.69, 9.17) is 17.3 Å². The molecule has 2 unspecified atom stereocenters. The maximum absolute atomic E-state index is 12.6. The van der Waals surface area contributed by atoms with Crippen LogP contribution in [0.1, 0.15) is 27.2 Å². The number of thioether (sulfide) groups is 1. The quantitative estimate of drug-likeness (QED) is 0.831. The fourth-order valence-electron chi connectivity index (χ4n) is 2.60. The first-order chi connectivity index (χ1) is 9.81. The van der Waals surface area contributed by atoms with Crippen molar-refractivity contribution in [2.75, 3.05) is 13.1 Å². The minimum absolute atomic E-state index is 0. The molecule has 0 aromatic heterocycles. The molecule has 1 aliphatic rings. The number of nitrogens with zero attached hydrogens (tertiary/aromatic N) is 1. The predicted molar refractivity (Wildman–Crippen MR) is 97.0 cm³/mol. The second kappa shape index (κ2) is 7.91. The van der Waals surface area contributed by atoms with Crippen molar-refractivity contribution in [2.45, 2.75) is 43.4 Å². The van der Waals surface area contributed by atoms with Gasteiger partial charge in [0.05, 0.1) is 10.3 Å². The number of likely N-dealkylation sites (tertiary alicyclic amines) is 1. The summed E-state index contributed by atoms with van der Waals surface area (Å²) in [6, 6.07) is 7.80. The third-order valence-corrected chi connectivity index (χ3v) is 5.72. The normalized spacial score (nSPS) is 21.9. The van der Waals surface area contributed by atoms with E-state index in [1.165, 1.54) is 11.8 Å². The Morgan fingerprint density at radius 1 is 1.45 bits per heavy atom. The second-order valence-electron chi connectivity index (χ2n) is 6.33. The number of carbonyl (C=O) groups is 1. The molecule has 1 amide bonds. The van der Waals surface area contributed by atoms with Gasteiger partial charge in [0.1, 0.15) is 0 Å². The summed E-state index contributed by atoms with van der Waals surface area (Å²) >= 11 is 7.68. The molecule has 1 aromatic rings. The molecular formula is C16H24Cl2N2OS. The molecule has 0 saturated carbocycles. The van der Waals surface area contributed by atoms with E-state index in [0.717, 1.165) is 24.4 Å². The second-order valence-corrected chi connectivity index (χ2v) is 8.12. The van der Waals surface area contributed by atoms with Crippen LogP contribution in [-0.4, -0.2) is 35.2 Å². The number of amides is 1. The van der Waals surface area contributed by atoms with Gasteiger partial charge in [0.2, 0.25) is 5.91 Å². The van der Waals surface area contributed by atoms with Crippen LogP contribution in [0.4, 0.5) is 0 Å². The van der Waals surface area contributed by atoms with Crippen LogP contribution < -0.4 is 5.73 Å². The zero-order valence-corrected chi connectivity index (χ0v) is 15.6. The maximum atomic E-state index is 12.6. The standard InChI is InChI=1S/C16H23ClN2OS.ClH/c1-11(21-13-7-5-4-6-12(13)17)15(20)19-9-8-14(18)16(2,3)10-19;/h4-7,11,14H,8-10,18H2,1-3H3;1H. The van der Waals surface area contributed by atoms with Gasteiger partial charge in [-0.3, -0.25) is 4.79 Å². The van der Waals surface area contributed by atoms with Gasteiger partial charge in [0.15, 0.2) is 0 Å². The summed E-state index contributed by atoms with van der Waals surface area (Å²) in [5.41, 5.74) is 6.11. The zero-order chi connectivity index (χ0) is 15.6. The van der Waals surface area contributed by atoms with Crippen LogP contribution in [0.5, 0.6) is 0 Å². The molecule has 0 radical (unpaired) electrons. The number of nitrogens with two attached hydrogens (primary N) is 1. The van der Waals surface area contributed by atoms with E-state index in [1.807, 2.05) is 36.1 Å². The Morgan fingerprint density at radius 3 is 2.68 bits per heavy atom. The van der Waals surface area contributed by atoms with Gasteiger partial charge < -0.3 is 10.6 Å². The highest BCUT2D eigenvalue weighted by atomic mass is 35.5. The molecule has 3 nitrogen and oxygen atoms in total. The van der Waals surface area contributed by atoms with Gasteiger partial charge in [-0.25, -0.2) is 0 Å². The lowest BCUT2D eigenvalue weighted by Crippen LogP contribution is -2.55. The summed E-state index contributed by atoms with van der Waals surface area (Å²) < 4.78 is 0. The molecule has 0 spiro atoms. The third kappa shape index (κ3) is 4.54. The van der Waals surface area contributed by atoms with Crippen molar-refractivity contribution in [3.63, 3.8) is 0 Å². The van der Waals surface area contributed by atoms with E-state index in [9.17, 15) is 4.79 Å². The van der Waals surface area contributed by atoms with Crippen molar-refractivity contribution in [1.29, 1.82) is 0 Å². The molecule has 1 fully saturated rings. The SMILES string of the molecule is CC(Sc1ccccc1Cl)C(=O)N1CCC(N)C(C)(C)C1.Cl. The summed E-state index contributed by atoms with van der Waals surface area (Å²) in [5.74, 6) is 0.167. The number of hydrogen-bond donors (Lipinski definition) is 1. The van der Waals surface area contributed by atoms with E-state index < -0.39 is 0 Å². The van der Waals surface area contributed by atoms with E-state index in [0.29, 0.717) is 5.02 Å². The molecule has 22 heavy (non-hydrogen) atoms. The van der Waals surface area contributed by atoms with E-state index in [1.54, 1.807) is 0 Å². The van der Waals surface area contributed by atoms with Crippen molar-refractivity contribution >= 4 is 41.7 Å². The molecule has 124 valence electrons. The number of hydrogen-bond acceptors (Lipinski definition) is 3. The number of piperidine rings is 1. The van der Waals surface area contributed by atoms with Crippen molar-refractivity contribution in [1.82, 2.24) is 4.90 Å². The molecule has 2 N–H and O–H groups in total. The first-order valence-electron chi connectivity index (χ1n) is 7.27. The Balaban J connectivity index is 0.00000242. The van der Waals surface area contributed by atoms with Crippen LogP contribution in [0, 0.1) is 5.41 Å². The Kier molecular flexibility index (Phi) is 7.06. The van der Waals surface area contributed by atoms with Gasteiger partial charge >= 0.3 is 0 Å². The van der Waals surface area contributed by atoms with Crippen LogP contribution in [0.2, 0.25) is 5.02 Å². The Hall–Kier alpha value is -0.420. The van der Waals surface area contributed by atoms with E-state index >= 15 is 0 Å². The van der Waals surface area contributed by atoms with Gasteiger partial charge in [0.25, 0.3) is 0 Å². The molecule has 1 aromatic carbocycles. The summed E-state index contributed by atoms with van der Waals surface area (Å²) in [6.07, 6.45) is 0.863. The summed E-state index contributed by atoms with van der Waals surface area (Å²) in [7, 11) is 0. The molecule has 1 aliphatic heterocycles. The number of benzene rings is 1. The average molecular weight is 363 g/mol. The smallest absolute Gasteiger partial charge is 0.235 e. The molecule has 1 saturated heterocycles. The number of halogens is 2. The fraction of sp³-hybridized carbons (Fsp3) is 0.562. The van der Waals surface area contributed by atoms with Crippen LogP contribution in [0.15, 0.2) is 29.2 Å². The van der Waals surface area contributed by atoms with Crippen molar-refractivity contribution in [2.24, 2.45) is 11.1 Å². The Labute approximate surface area is 148 Å². The number of rotatable bonds is 3. The predicted octanol–water partition coefficient (Wildman–Crippen LogP) is 3.83. The van der Waals surface area contributed by atoms with Crippen LogP contribution in [0.25, 0.3) is 0 Å². The summed E-state index contributed by atoms with van der Waals surface area (Å²) in [6.45, 7) is 7.67. The van der Waals surface area contributed by atoms with Crippen molar-refractivity contribution in [3.8, 4) is 0 Å². The van der Waals surface area contributed by atoms with E-state index in [-0.39, 0.29) is 35.0 Å². The van der Waals surface area contributed by atoms with Crippen molar-refractivity contribution in [3.05, 3.63) is 29.3 Å². The monoisotopic (exact) mass is 362 g/mol. The lowest BCUT2D eigenvalue weighted by molar-refractivity contribution is -0.133. The van der Waals surface area contributed by atoms with Crippen LogP contribution in [0.3, 0.4) is 0 Å². The third-order valence-electron chi connectivity index (χ3n) is 4.11. The van der Waals surface area contributed by atoms with Gasteiger partial charge in [-0.2, -0.15) is 0 Å². The lowest BCUT2D eigenvalue weighted by atomic mass is 9.79. The summed E-state index contributed by atoms with van der Waals surface area (Å²) in [5, 5.41) is 0.554. The molecule has 0 aliphatic carbocycles. The maximum Gasteiger partial charge on any atom is 0.235 e. The molecule has 1 heterocycles. The highest BCUT2D eigenvalue weighted by Crippen LogP contribution is 2.33. The Morgan fingerprint density at radius 2 is 2.09 bits per heavy atom. The highest BCUT2D eigenvalue weighted by molar-refractivity contribution is 8.00. The van der Waals surface area contributed by atoms with Gasteiger partial charge in [-0.05, 0) is 30.9 Å². The summed E-state index contributed by atoms with van der Waals surface area (Å²) in [4.78, 5) is 15.5. The van der Waals surface area contributed by atoms with Crippen LogP contribution >= 0.6 is 35.8 Å². The largest absolute Gasteiger partial charge is 0.341 e. The lowest BCUT2D eigenvalue weighted by Gasteiger charge is -2.43. The molecule has 6 heteroatoms. The fourth-order valence-corrected chi connectivity index (χ4v) is 3.84. The molecule has 0 bridgehead atoms. The zero-order valence-electron chi connectivity index (χ0n) is 13.2. The molecule has 2 atom stereocenters. The topological polar surface area (TPSA) is 46.3 Å². The van der Waals surface area contributed by atoms with Crippen molar-refractivity contribution < 1.29 is 4.79 Å². The van der Waals surface area contributed by atoms with E-state index in [2.05, 4.69) is 13.8 Å². The first kappa shape index (κ1) is 19.6. The minimum atomic E-state index is -0.143. The van der Waals surface area contributed by atoms with Gasteiger partial charge in [-0.15, -0.1) is 24.2 Å². The minimum Gasteiger partial charge on any atom is -0.341 e. The molecule has 2 rings (SSSR count). The van der Waals surface area contributed by atoms with Crippen LogP contribution in [-0.2, 0) is 4.79 Å². The average Bonchev–Trinajstić information content (AvgIpc) is 2.43. The number of carbonyl (C=O) groups excluding carboxylic acids is 1. The highest BCUT2D eigenvalue weighted by Gasteiger charge is 2.36. The molecular weight excluding hydrogens is 339 g/mol. The first-order valence-corrected chi connectivity index (χ1v) is 8.52. The Bertz CT molecular complexity index is 525.